The number of aliphatic carboxylic acids is 1. The number of carboxylic acid groups (broad SMARTS) is 1. The summed E-state index contributed by atoms with van der Waals surface area (Å²) in [5, 5.41) is 18.7. The Kier molecular flexibility index (Phi) is 8.33. The summed E-state index contributed by atoms with van der Waals surface area (Å²) in [5.74, 6) is -2.36. The van der Waals surface area contributed by atoms with E-state index in [4.69, 9.17) is 5.11 Å². The van der Waals surface area contributed by atoms with Gasteiger partial charge in [-0.1, -0.05) is 32.8 Å². The van der Waals surface area contributed by atoms with E-state index in [9.17, 15) is 19.7 Å². The highest BCUT2D eigenvalue weighted by molar-refractivity contribution is 5.91. The number of carbonyl (C=O) groups is 2. The molecule has 7 heteroatoms. The summed E-state index contributed by atoms with van der Waals surface area (Å²) < 4.78 is 4.59. The van der Waals surface area contributed by atoms with Crippen molar-refractivity contribution in [2.75, 3.05) is 0 Å². The van der Waals surface area contributed by atoms with Gasteiger partial charge in [-0.2, -0.15) is 0 Å². The first kappa shape index (κ1) is 17.6. The summed E-state index contributed by atoms with van der Waals surface area (Å²) in [4.78, 5) is 30.8. The Labute approximate surface area is 116 Å². The van der Waals surface area contributed by atoms with E-state index >= 15 is 0 Å². The van der Waals surface area contributed by atoms with Crippen molar-refractivity contribution in [2.45, 2.75) is 33.1 Å². The van der Waals surface area contributed by atoms with Crippen molar-refractivity contribution in [2.24, 2.45) is 0 Å². The van der Waals surface area contributed by atoms with Gasteiger partial charge in [0.25, 0.3) is 5.69 Å². The van der Waals surface area contributed by atoms with Crippen LogP contribution in [0.1, 0.15) is 33.1 Å². The van der Waals surface area contributed by atoms with Crippen molar-refractivity contribution >= 4 is 17.6 Å². The molecule has 7 nitrogen and oxygen atoms in total. The Hall–Kier alpha value is -2.44. The van der Waals surface area contributed by atoms with E-state index in [0.717, 1.165) is 6.07 Å². The van der Waals surface area contributed by atoms with Crippen LogP contribution in [-0.4, -0.2) is 22.0 Å². The lowest BCUT2D eigenvalue weighted by atomic mass is 10.3. The van der Waals surface area contributed by atoms with Crippen LogP contribution in [0.4, 0.5) is 5.69 Å². The molecule has 0 atom stereocenters. The number of rotatable bonds is 5. The van der Waals surface area contributed by atoms with Gasteiger partial charge in [-0.05, 0) is 6.07 Å². The Morgan fingerprint density at radius 2 is 1.90 bits per heavy atom. The van der Waals surface area contributed by atoms with Crippen LogP contribution < -0.4 is 4.74 Å². The van der Waals surface area contributed by atoms with Crippen LogP contribution in [0, 0.1) is 10.1 Å². The fourth-order valence-corrected chi connectivity index (χ4v) is 0.952. The topological polar surface area (TPSA) is 107 Å². The summed E-state index contributed by atoms with van der Waals surface area (Å²) in [6.07, 6.45) is 1.85. The van der Waals surface area contributed by atoms with Crippen molar-refractivity contribution in [3.8, 4) is 5.75 Å². The molecule has 20 heavy (non-hydrogen) atoms. The summed E-state index contributed by atoms with van der Waals surface area (Å²) in [5.41, 5.74) is -0.236. The lowest BCUT2D eigenvalue weighted by Gasteiger charge is -2.01. The van der Waals surface area contributed by atoms with E-state index in [1.807, 2.05) is 0 Å². The average molecular weight is 283 g/mol. The first-order valence-electron chi connectivity index (χ1n) is 6.07. The van der Waals surface area contributed by atoms with Gasteiger partial charge >= 0.3 is 11.9 Å². The van der Waals surface area contributed by atoms with Crippen LogP contribution in [0.5, 0.6) is 5.75 Å². The van der Waals surface area contributed by atoms with Crippen LogP contribution in [-0.2, 0) is 9.59 Å². The SMILES string of the molecule is CCCC.O=C(O)CC(=O)Oc1cccc([N+](=O)[O-])c1. The molecule has 1 N–H and O–H groups in total. The number of unbranched alkanes of at least 4 members (excludes halogenated alkanes) is 1. The van der Waals surface area contributed by atoms with Gasteiger partial charge in [0.05, 0.1) is 11.0 Å². The van der Waals surface area contributed by atoms with Gasteiger partial charge in [-0.25, -0.2) is 0 Å². The maximum absolute atomic E-state index is 10.9. The van der Waals surface area contributed by atoms with E-state index < -0.39 is 23.3 Å². The zero-order chi connectivity index (χ0) is 15.5. The molecule has 0 aliphatic rings. The minimum absolute atomic E-state index is 0.0551. The van der Waals surface area contributed by atoms with Crippen LogP contribution in [0.15, 0.2) is 24.3 Å². The minimum atomic E-state index is -1.32. The second-order valence-corrected chi connectivity index (χ2v) is 3.80. The molecule has 1 aromatic rings. The molecule has 0 heterocycles. The van der Waals surface area contributed by atoms with E-state index in [1.165, 1.54) is 31.0 Å². The van der Waals surface area contributed by atoms with Crippen LogP contribution in [0.2, 0.25) is 0 Å². The Morgan fingerprint density at radius 3 is 2.35 bits per heavy atom. The molecule has 0 bridgehead atoms. The molecular weight excluding hydrogens is 266 g/mol. The molecule has 0 saturated heterocycles. The van der Waals surface area contributed by atoms with Crippen molar-refractivity contribution < 1.29 is 24.4 Å². The van der Waals surface area contributed by atoms with Crippen molar-refractivity contribution in [1.29, 1.82) is 0 Å². The third-order valence-electron chi connectivity index (χ3n) is 2.06. The van der Waals surface area contributed by atoms with Crippen molar-refractivity contribution in [3.05, 3.63) is 34.4 Å². The van der Waals surface area contributed by atoms with E-state index in [1.54, 1.807) is 0 Å². The van der Waals surface area contributed by atoms with Crippen molar-refractivity contribution in [1.82, 2.24) is 0 Å². The maximum Gasteiger partial charge on any atom is 0.322 e. The number of ether oxygens (including phenoxy) is 1. The van der Waals surface area contributed by atoms with Gasteiger partial charge in [0.2, 0.25) is 0 Å². The quantitative estimate of drug-likeness (QED) is 0.293. The first-order chi connectivity index (χ1) is 9.40. The molecule has 0 amide bonds. The second kappa shape index (κ2) is 9.48. The maximum atomic E-state index is 10.9. The number of non-ortho nitro benzene ring substituents is 1. The number of esters is 1. The predicted molar refractivity (Wildman–Crippen MR) is 71.6 cm³/mol. The van der Waals surface area contributed by atoms with Gasteiger partial charge in [-0.15, -0.1) is 0 Å². The molecule has 0 spiro atoms. The lowest BCUT2D eigenvalue weighted by molar-refractivity contribution is -0.384. The number of benzene rings is 1. The fraction of sp³-hybridized carbons (Fsp3) is 0.385. The van der Waals surface area contributed by atoms with Crippen LogP contribution in [0.3, 0.4) is 0 Å². The van der Waals surface area contributed by atoms with Gasteiger partial charge in [0.1, 0.15) is 12.2 Å². The molecular formula is C13H17NO6. The standard InChI is InChI=1S/C9H7NO6.C4H10/c11-8(12)5-9(13)16-7-3-1-2-6(4-7)10(14)15;1-3-4-2/h1-4H,5H2,(H,11,12);3-4H2,1-2H3. The van der Waals surface area contributed by atoms with E-state index in [0.29, 0.717) is 0 Å². The lowest BCUT2D eigenvalue weighted by Crippen LogP contribution is -2.13. The van der Waals surface area contributed by atoms with Crippen molar-refractivity contribution in [3.63, 3.8) is 0 Å². The molecule has 0 aromatic heterocycles. The summed E-state index contributed by atoms with van der Waals surface area (Å²) >= 11 is 0. The van der Waals surface area contributed by atoms with Gasteiger partial charge in [0.15, 0.2) is 0 Å². The normalized spacial score (nSPS) is 9.10. The molecule has 0 saturated carbocycles. The van der Waals surface area contributed by atoms with Gasteiger partial charge in [-0.3, -0.25) is 19.7 Å². The number of nitrogens with zero attached hydrogens (tertiary/aromatic N) is 1. The van der Waals surface area contributed by atoms with Crippen LogP contribution >= 0.6 is 0 Å². The number of nitro groups is 1. The highest BCUT2D eigenvalue weighted by atomic mass is 16.6. The zero-order valence-electron chi connectivity index (χ0n) is 11.4. The monoisotopic (exact) mass is 283 g/mol. The first-order valence-corrected chi connectivity index (χ1v) is 6.07. The predicted octanol–water partition coefficient (Wildman–Crippen LogP) is 2.78. The highest BCUT2D eigenvalue weighted by Crippen LogP contribution is 2.19. The van der Waals surface area contributed by atoms with Gasteiger partial charge < -0.3 is 9.84 Å². The number of hydrogen-bond donors (Lipinski definition) is 1. The zero-order valence-corrected chi connectivity index (χ0v) is 11.4. The molecule has 0 radical (unpaired) electrons. The largest absolute Gasteiger partial charge is 0.481 e. The molecule has 0 aliphatic carbocycles. The highest BCUT2D eigenvalue weighted by Gasteiger charge is 2.12. The van der Waals surface area contributed by atoms with E-state index in [2.05, 4.69) is 18.6 Å². The number of carboxylic acids is 1. The summed E-state index contributed by atoms with van der Waals surface area (Å²) in [6.45, 7) is 4.36. The summed E-state index contributed by atoms with van der Waals surface area (Å²) in [7, 11) is 0. The molecule has 0 fully saturated rings. The molecule has 1 aromatic carbocycles. The second-order valence-electron chi connectivity index (χ2n) is 3.80. The summed E-state index contributed by atoms with van der Waals surface area (Å²) in [6, 6.07) is 4.93. The van der Waals surface area contributed by atoms with E-state index in [-0.39, 0.29) is 11.4 Å². The average Bonchev–Trinajstić information content (AvgIpc) is 2.38. The number of carbonyl (C=O) groups excluding carboxylic acids is 1. The molecule has 110 valence electrons. The Morgan fingerprint density at radius 1 is 1.30 bits per heavy atom. The number of nitro benzene ring substituents is 1. The fourth-order valence-electron chi connectivity index (χ4n) is 0.952. The third-order valence-corrected chi connectivity index (χ3v) is 2.06. The molecule has 1 rings (SSSR count). The molecule has 0 unspecified atom stereocenters. The van der Waals surface area contributed by atoms with Gasteiger partial charge in [0, 0.05) is 6.07 Å². The minimum Gasteiger partial charge on any atom is -0.481 e. The number of hydrogen-bond acceptors (Lipinski definition) is 5. The Balaban J connectivity index is 0.000000796. The smallest absolute Gasteiger partial charge is 0.322 e. The van der Waals surface area contributed by atoms with Crippen LogP contribution in [0.25, 0.3) is 0 Å². The molecule has 0 aliphatic heterocycles. The third kappa shape index (κ3) is 7.80. The Bertz CT molecular complexity index is 470.